The summed E-state index contributed by atoms with van der Waals surface area (Å²) >= 11 is 0. The van der Waals surface area contributed by atoms with Crippen LogP contribution >= 0.6 is 0 Å². The third kappa shape index (κ3) is 6.83. The molecule has 0 radical (unpaired) electrons. The van der Waals surface area contributed by atoms with Crippen molar-refractivity contribution in [1.82, 2.24) is 4.90 Å². The average Bonchev–Trinajstić information content (AvgIpc) is 2.06. The van der Waals surface area contributed by atoms with Gasteiger partial charge in [-0.15, -0.1) is 0 Å². The van der Waals surface area contributed by atoms with Crippen LogP contribution in [-0.2, 0) is 9.59 Å². The second-order valence-corrected chi connectivity index (χ2v) is 2.25. The zero-order valence-corrected chi connectivity index (χ0v) is 6.99. The standard InChI is InChI=1S/C7H11N3O2/c1-10(4-2-8-6-11)5-3-9-7-12/h2-5H2,1H3. The van der Waals surface area contributed by atoms with Gasteiger partial charge < -0.3 is 4.90 Å². The lowest BCUT2D eigenvalue weighted by Crippen LogP contribution is -2.24. The van der Waals surface area contributed by atoms with Gasteiger partial charge in [-0.1, -0.05) is 0 Å². The van der Waals surface area contributed by atoms with Gasteiger partial charge in [0.2, 0.25) is 12.2 Å². The number of isocyanates is 2. The van der Waals surface area contributed by atoms with Crippen LogP contribution in [0.15, 0.2) is 9.98 Å². The van der Waals surface area contributed by atoms with Gasteiger partial charge in [0.05, 0.1) is 13.1 Å². The molecule has 0 aromatic carbocycles. The van der Waals surface area contributed by atoms with E-state index in [0.717, 1.165) is 0 Å². The SMILES string of the molecule is CN(CCN=C=O)CCN=C=O. The highest BCUT2D eigenvalue weighted by atomic mass is 16.1. The monoisotopic (exact) mass is 169 g/mol. The van der Waals surface area contributed by atoms with Crippen molar-refractivity contribution in [2.24, 2.45) is 9.98 Å². The smallest absolute Gasteiger partial charge is 0.234 e. The zero-order chi connectivity index (χ0) is 9.23. The van der Waals surface area contributed by atoms with Crippen LogP contribution in [0.1, 0.15) is 0 Å². The first-order valence-electron chi connectivity index (χ1n) is 3.57. The van der Waals surface area contributed by atoms with Gasteiger partial charge in [0.25, 0.3) is 0 Å². The van der Waals surface area contributed by atoms with Crippen molar-refractivity contribution in [3.8, 4) is 0 Å². The summed E-state index contributed by atoms with van der Waals surface area (Å²) in [5, 5.41) is 0. The summed E-state index contributed by atoms with van der Waals surface area (Å²) in [5.41, 5.74) is 0. The summed E-state index contributed by atoms with van der Waals surface area (Å²) in [7, 11) is 1.86. The van der Waals surface area contributed by atoms with Crippen molar-refractivity contribution >= 4 is 12.2 Å². The topological polar surface area (TPSA) is 62.1 Å². The molecular formula is C7H11N3O2. The first-order valence-corrected chi connectivity index (χ1v) is 3.57. The second kappa shape index (κ2) is 7.82. The van der Waals surface area contributed by atoms with Crippen molar-refractivity contribution in [1.29, 1.82) is 0 Å². The Kier molecular flexibility index (Phi) is 6.99. The van der Waals surface area contributed by atoms with Crippen LogP contribution in [0.5, 0.6) is 0 Å². The van der Waals surface area contributed by atoms with Crippen molar-refractivity contribution < 1.29 is 9.59 Å². The van der Waals surface area contributed by atoms with Crippen LogP contribution in [0.25, 0.3) is 0 Å². The van der Waals surface area contributed by atoms with Gasteiger partial charge in [0.15, 0.2) is 0 Å². The molecule has 5 heteroatoms. The molecule has 0 fully saturated rings. The molecule has 5 nitrogen and oxygen atoms in total. The minimum Gasteiger partial charge on any atom is -0.303 e. The molecule has 0 saturated heterocycles. The molecule has 12 heavy (non-hydrogen) atoms. The highest BCUT2D eigenvalue weighted by Gasteiger charge is 1.94. The highest BCUT2D eigenvalue weighted by Crippen LogP contribution is 1.81. The van der Waals surface area contributed by atoms with E-state index >= 15 is 0 Å². The van der Waals surface area contributed by atoms with Crippen LogP contribution in [0, 0.1) is 0 Å². The molecule has 66 valence electrons. The normalized spacial score (nSPS) is 8.83. The summed E-state index contributed by atoms with van der Waals surface area (Å²) in [6, 6.07) is 0. The maximum absolute atomic E-state index is 9.67. The molecule has 0 aliphatic heterocycles. The third-order valence-corrected chi connectivity index (χ3v) is 1.32. The Morgan fingerprint density at radius 2 is 1.50 bits per heavy atom. The molecule has 0 spiro atoms. The van der Waals surface area contributed by atoms with Gasteiger partial charge in [-0.25, -0.2) is 19.6 Å². The first-order chi connectivity index (χ1) is 5.81. The second-order valence-electron chi connectivity index (χ2n) is 2.25. The van der Waals surface area contributed by atoms with E-state index in [2.05, 4.69) is 9.98 Å². The maximum Gasteiger partial charge on any atom is 0.234 e. The van der Waals surface area contributed by atoms with Crippen molar-refractivity contribution in [2.75, 3.05) is 33.2 Å². The summed E-state index contributed by atoms with van der Waals surface area (Å²) in [4.78, 5) is 28.0. The van der Waals surface area contributed by atoms with E-state index < -0.39 is 0 Å². The largest absolute Gasteiger partial charge is 0.303 e. The molecule has 0 aromatic rings. The molecule has 0 bridgehead atoms. The van der Waals surface area contributed by atoms with E-state index in [-0.39, 0.29) is 0 Å². The molecule has 0 unspecified atom stereocenters. The number of aliphatic imine (C=N–C) groups is 2. The Morgan fingerprint density at radius 1 is 1.08 bits per heavy atom. The summed E-state index contributed by atoms with van der Waals surface area (Å²) < 4.78 is 0. The number of rotatable bonds is 6. The van der Waals surface area contributed by atoms with Crippen LogP contribution < -0.4 is 0 Å². The molecule has 0 N–H and O–H groups in total. The molecular weight excluding hydrogens is 158 g/mol. The molecule has 0 atom stereocenters. The maximum atomic E-state index is 9.67. The van der Waals surface area contributed by atoms with E-state index in [1.165, 1.54) is 12.2 Å². The molecule has 0 aliphatic rings. The fraction of sp³-hybridized carbons (Fsp3) is 0.714. The van der Waals surface area contributed by atoms with Gasteiger partial charge >= 0.3 is 0 Å². The number of likely N-dealkylation sites (N-methyl/N-ethyl adjacent to an activating group) is 1. The van der Waals surface area contributed by atoms with Gasteiger partial charge in [-0.05, 0) is 7.05 Å². The minimum atomic E-state index is 0.435. The summed E-state index contributed by atoms with van der Waals surface area (Å²) in [6.45, 7) is 2.21. The Morgan fingerprint density at radius 3 is 1.83 bits per heavy atom. The number of hydrogen-bond donors (Lipinski definition) is 0. The van der Waals surface area contributed by atoms with E-state index in [9.17, 15) is 9.59 Å². The van der Waals surface area contributed by atoms with E-state index in [1.54, 1.807) is 0 Å². The fourth-order valence-electron chi connectivity index (χ4n) is 0.645. The molecule has 0 amide bonds. The minimum absolute atomic E-state index is 0.435. The zero-order valence-electron chi connectivity index (χ0n) is 6.99. The van der Waals surface area contributed by atoms with Gasteiger partial charge in [0, 0.05) is 13.1 Å². The Hall–Kier alpha value is -1.28. The molecule has 0 aliphatic carbocycles. The van der Waals surface area contributed by atoms with Gasteiger partial charge in [-0.3, -0.25) is 0 Å². The number of carbonyl (C=O) groups excluding carboxylic acids is 2. The predicted molar refractivity (Wildman–Crippen MR) is 43.5 cm³/mol. The molecule has 0 rings (SSSR count). The number of nitrogens with zero attached hydrogens (tertiary/aromatic N) is 3. The summed E-state index contributed by atoms with van der Waals surface area (Å²) in [6.07, 6.45) is 2.91. The molecule has 0 aromatic heterocycles. The predicted octanol–water partition coefficient (Wildman–Crippen LogP) is -0.410. The fourth-order valence-corrected chi connectivity index (χ4v) is 0.645. The third-order valence-electron chi connectivity index (χ3n) is 1.32. The Bertz CT molecular complexity index is 183. The Labute approximate surface area is 70.8 Å². The van der Waals surface area contributed by atoms with E-state index in [4.69, 9.17) is 0 Å². The van der Waals surface area contributed by atoms with E-state index in [0.29, 0.717) is 26.2 Å². The lowest BCUT2D eigenvalue weighted by atomic mass is 10.5. The van der Waals surface area contributed by atoms with Crippen molar-refractivity contribution in [2.45, 2.75) is 0 Å². The van der Waals surface area contributed by atoms with Crippen LogP contribution in [0.3, 0.4) is 0 Å². The van der Waals surface area contributed by atoms with Crippen molar-refractivity contribution in [3.63, 3.8) is 0 Å². The molecule has 0 heterocycles. The quantitative estimate of drug-likeness (QED) is 0.401. The number of hydrogen-bond acceptors (Lipinski definition) is 5. The van der Waals surface area contributed by atoms with Gasteiger partial charge in [-0.2, -0.15) is 0 Å². The first kappa shape index (κ1) is 10.7. The lowest BCUT2D eigenvalue weighted by molar-refractivity contribution is 0.353. The van der Waals surface area contributed by atoms with Crippen LogP contribution in [0.4, 0.5) is 0 Å². The van der Waals surface area contributed by atoms with Gasteiger partial charge in [0.1, 0.15) is 0 Å². The van der Waals surface area contributed by atoms with Crippen LogP contribution in [-0.4, -0.2) is 50.3 Å². The van der Waals surface area contributed by atoms with Crippen molar-refractivity contribution in [3.05, 3.63) is 0 Å². The van der Waals surface area contributed by atoms with E-state index in [1.807, 2.05) is 11.9 Å². The molecule has 0 saturated carbocycles. The average molecular weight is 169 g/mol. The highest BCUT2D eigenvalue weighted by molar-refractivity contribution is 5.33. The summed E-state index contributed by atoms with van der Waals surface area (Å²) in [5.74, 6) is 0. The Balaban J connectivity index is 3.38. The lowest BCUT2D eigenvalue weighted by Gasteiger charge is -2.11. The van der Waals surface area contributed by atoms with Crippen LogP contribution in [0.2, 0.25) is 0 Å².